The van der Waals surface area contributed by atoms with Crippen molar-refractivity contribution in [1.82, 2.24) is 9.97 Å². The van der Waals surface area contributed by atoms with Gasteiger partial charge in [0.15, 0.2) is 5.82 Å². The molecule has 0 saturated carbocycles. The van der Waals surface area contributed by atoms with Gasteiger partial charge in [0.25, 0.3) is 0 Å². The average Bonchev–Trinajstić information content (AvgIpc) is 2.37. The summed E-state index contributed by atoms with van der Waals surface area (Å²) in [7, 11) is 0. The SMILES string of the molecule is Fc1nc(F)c(Cl)c(F)c1Cl.c1ccncc1. The molecule has 0 saturated heterocycles. The number of pyridine rings is 2. The quantitative estimate of drug-likeness (QED) is 0.685. The van der Waals surface area contributed by atoms with Crippen LogP contribution in [0, 0.1) is 17.7 Å². The molecule has 0 radical (unpaired) electrons. The standard InChI is InChI=1S/C5Cl2F3N.C5H5N/c6-1-3(8)2(7)5(10)11-4(1)9;1-2-4-6-5-3-1/h;1-5H. The lowest BCUT2D eigenvalue weighted by molar-refractivity contribution is 0.488. The van der Waals surface area contributed by atoms with Crippen LogP contribution in [-0.4, -0.2) is 9.97 Å². The van der Waals surface area contributed by atoms with Gasteiger partial charge in [0.1, 0.15) is 10.0 Å². The molecule has 2 heterocycles. The number of nitrogens with zero attached hydrogens (tertiary/aromatic N) is 2. The predicted molar refractivity (Wildman–Crippen MR) is 58.4 cm³/mol. The van der Waals surface area contributed by atoms with Crippen LogP contribution in [0.5, 0.6) is 0 Å². The minimum atomic E-state index is -1.41. The van der Waals surface area contributed by atoms with E-state index in [-0.39, 0.29) is 0 Å². The molecular weight excluding hydrogens is 276 g/mol. The predicted octanol–water partition coefficient (Wildman–Crippen LogP) is 3.89. The van der Waals surface area contributed by atoms with Gasteiger partial charge in [-0.15, -0.1) is 0 Å². The van der Waals surface area contributed by atoms with Gasteiger partial charge in [-0.05, 0) is 12.1 Å². The average molecular weight is 281 g/mol. The third kappa shape index (κ3) is 3.87. The van der Waals surface area contributed by atoms with Crippen molar-refractivity contribution >= 4 is 23.2 Å². The smallest absolute Gasteiger partial charge is 0.237 e. The van der Waals surface area contributed by atoms with Crippen LogP contribution >= 0.6 is 23.2 Å². The summed E-state index contributed by atoms with van der Waals surface area (Å²) in [4.78, 5) is 6.38. The first-order valence-corrected chi connectivity index (χ1v) is 5.00. The lowest BCUT2D eigenvalue weighted by Crippen LogP contribution is -1.95. The minimum Gasteiger partial charge on any atom is -0.265 e. The molecule has 90 valence electrons. The zero-order valence-corrected chi connectivity index (χ0v) is 9.68. The van der Waals surface area contributed by atoms with Crippen LogP contribution in [0.2, 0.25) is 10.0 Å². The van der Waals surface area contributed by atoms with Gasteiger partial charge in [-0.2, -0.15) is 13.8 Å². The summed E-state index contributed by atoms with van der Waals surface area (Å²) >= 11 is 9.98. The summed E-state index contributed by atoms with van der Waals surface area (Å²) in [5, 5.41) is -1.81. The van der Waals surface area contributed by atoms with E-state index in [1.165, 1.54) is 0 Å². The van der Waals surface area contributed by atoms with Crippen LogP contribution in [0.1, 0.15) is 0 Å². The van der Waals surface area contributed by atoms with Gasteiger partial charge in [-0.25, -0.2) is 4.39 Å². The lowest BCUT2D eigenvalue weighted by atomic mass is 10.4. The first kappa shape index (κ1) is 13.7. The molecule has 0 aromatic carbocycles. The maximum atomic E-state index is 12.5. The largest absolute Gasteiger partial charge is 0.265 e. The fraction of sp³-hybridized carbons (Fsp3) is 0. The second kappa shape index (κ2) is 6.42. The van der Waals surface area contributed by atoms with Gasteiger partial charge in [0, 0.05) is 12.4 Å². The van der Waals surface area contributed by atoms with E-state index < -0.39 is 27.8 Å². The molecule has 0 aliphatic rings. The van der Waals surface area contributed by atoms with Crippen molar-refractivity contribution in [1.29, 1.82) is 0 Å². The van der Waals surface area contributed by atoms with E-state index in [1.54, 1.807) is 12.4 Å². The number of hydrogen-bond donors (Lipinski definition) is 0. The van der Waals surface area contributed by atoms with Crippen molar-refractivity contribution in [2.24, 2.45) is 0 Å². The molecule has 0 spiro atoms. The molecule has 0 atom stereocenters. The normalized spacial score (nSPS) is 9.47. The molecule has 2 rings (SSSR count). The van der Waals surface area contributed by atoms with Gasteiger partial charge in [0.05, 0.1) is 0 Å². The molecule has 7 heteroatoms. The van der Waals surface area contributed by atoms with Crippen molar-refractivity contribution in [2.75, 3.05) is 0 Å². The second-order valence-electron chi connectivity index (χ2n) is 2.66. The number of halogens is 5. The molecule has 2 aromatic rings. The molecule has 0 fully saturated rings. The van der Waals surface area contributed by atoms with E-state index in [2.05, 4.69) is 9.97 Å². The van der Waals surface area contributed by atoms with Crippen LogP contribution in [0.25, 0.3) is 0 Å². The Labute approximate surface area is 105 Å². The number of aromatic nitrogens is 2. The Balaban J connectivity index is 0.000000202. The molecule has 2 nitrogen and oxygen atoms in total. The number of hydrogen-bond acceptors (Lipinski definition) is 2. The zero-order chi connectivity index (χ0) is 12.8. The summed E-state index contributed by atoms with van der Waals surface area (Å²) in [5.74, 6) is -4.16. The number of rotatable bonds is 0. The summed E-state index contributed by atoms with van der Waals surface area (Å²) in [6.45, 7) is 0. The monoisotopic (exact) mass is 280 g/mol. The highest BCUT2D eigenvalue weighted by molar-refractivity contribution is 6.34. The Kier molecular flexibility index (Phi) is 5.18. The molecule has 0 unspecified atom stereocenters. The molecular formula is C10H5Cl2F3N2. The maximum absolute atomic E-state index is 12.5. The Morgan fingerprint density at radius 2 is 1.29 bits per heavy atom. The van der Waals surface area contributed by atoms with Crippen LogP contribution < -0.4 is 0 Å². The summed E-state index contributed by atoms with van der Waals surface area (Å²) < 4.78 is 36.9. The third-order valence-corrected chi connectivity index (χ3v) is 2.15. The fourth-order valence-corrected chi connectivity index (χ4v) is 1.10. The van der Waals surface area contributed by atoms with E-state index in [9.17, 15) is 13.2 Å². The summed E-state index contributed by atoms with van der Waals surface area (Å²) in [5.41, 5.74) is 0. The molecule has 0 aliphatic heterocycles. The van der Waals surface area contributed by atoms with Gasteiger partial charge >= 0.3 is 0 Å². The van der Waals surface area contributed by atoms with Crippen molar-refractivity contribution in [3.05, 3.63) is 58.4 Å². The third-order valence-electron chi connectivity index (χ3n) is 1.51. The van der Waals surface area contributed by atoms with E-state index in [4.69, 9.17) is 23.2 Å². The molecule has 0 amide bonds. The van der Waals surface area contributed by atoms with Crippen molar-refractivity contribution in [2.45, 2.75) is 0 Å². The fourth-order valence-electron chi connectivity index (χ4n) is 0.774. The highest BCUT2D eigenvalue weighted by Gasteiger charge is 2.16. The Bertz CT molecular complexity index is 442. The van der Waals surface area contributed by atoms with Gasteiger partial charge in [-0.1, -0.05) is 29.3 Å². The lowest BCUT2D eigenvalue weighted by Gasteiger charge is -1.97. The highest BCUT2D eigenvalue weighted by Crippen LogP contribution is 2.25. The molecule has 2 aromatic heterocycles. The van der Waals surface area contributed by atoms with Crippen molar-refractivity contribution in [3.8, 4) is 0 Å². The summed E-state index contributed by atoms with van der Waals surface area (Å²) in [6, 6.07) is 5.72. The van der Waals surface area contributed by atoms with Crippen molar-refractivity contribution < 1.29 is 13.2 Å². The van der Waals surface area contributed by atoms with E-state index >= 15 is 0 Å². The van der Waals surface area contributed by atoms with Crippen LogP contribution in [0.3, 0.4) is 0 Å². The Hall–Kier alpha value is -1.33. The molecule has 0 bridgehead atoms. The topological polar surface area (TPSA) is 25.8 Å². The Morgan fingerprint density at radius 1 is 0.824 bits per heavy atom. The van der Waals surface area contributed by atoms with E-state index in [0.717, 1.165) is 0 Å². The first-order chi connectivity index (χ1) is 8.04. The molecule has 0 N–H and O–H groups in total. The molecule has 0 aliphatic carbocycles. The second-order valence-corrected chi connectivity index (χ2v) is 3.42. The van der Waals surface area contributed by atoms with E-state index in [0.29, 0.717) is 0 Å². The van der Waals surface area contributed by atoms with Crippen LogP contribution in [0.4, 0.5) is 13.2 Å². The molecule has 17 heavy (non-hydrogen) atoms. The van der Waals surface area contributed by atoms with Gasteiger partial charge < -0.3 is 0 Å². The highest BCUT2D eigenvalue weighted by atomic mass is 35.5. The van der Waals surface area contributed by atoms with E-state index in [1.807, 2.05) is 18.2 Å². The zero-order valence-electron chi connectivity index (χ0n) is 8.17. The van der Waals surface area contributed by atoms with Crippen molar-refractivity contribution in [3.63, 3.8) is 0 Å². The minimum absolute atomic E-state index is 0.906. The van der Waals surface area contributed by atoms with Crippen LogP contribution in [-0.2, 0) is 0 Å². The van der Waals surface area contributed by atoms with Gasteiger partial charge in [0.2, 0.25) is 11.9 Å². The maximum Gasteiger partial charge on any atom is 0.237 e. The summed E-state index contributed by atoms with van der Waals surface area (Å²) in [6.07, 6.45) is 3.50. The van der Waals surface area contributed by atoms with Crippen LogP contribution in [0.15, 0.2) is 30.6 Å². The Morgan fingerprint density at radius 3 is 1.59 bits per heavy atom. The first-order valence-electron chi connectivity index (χ1n) is 4.24. The van der Waals surface area contributed by atoms with Gasteiger partial charge in [-0.3, -0.25) is 4.98 Å².